The predicted octanol–water partition coefficient (Wildman–Crippen LogP) is 2.90. The second-order valence-corrected chi connectivity index (χ2v) is 5.06. The summed E-state index contributed by atoms with van der Waals surface area (Å²) in [4.78, 5) is 0. The van der Waals surface area contributed by atoms with E-state index in [1.54, 1.807) is 13.8 Å². The van der Waals surface area contributed by atoms with Gasteiger partial charge in [-0.25, -0.2) is 4.39 Å². The fraction of sp³-hybridized carbons (Fsp3) is 0.538. The van der Waals surface area contributed by atoms with E-state index in [4.69, 9.17) is 9.47 Å². The minimum atomic E-state index is -1.24. The molecule has 0 aliphatic heterocycles. The van der Waals surface area contributed by atoms with Crippen LogP contribution in [0, 0.1) is 11.6 Å². The standard InChI is InChI=1S/C13H18F2O3/c1-12(2,16)13(3,4)18-11-9(17-5)7-6-8(14)10(11)15/h6-7,16H,1-5H3. The van der Waals surface area contributed by atoms with Gasteiger partial charge in [-0.2, -0.15) is 4.39 Å². The molecular formula is C13H18F2O3. The molecule has 102 valence electrons. The molecule has 0 heterocycles. The van der Waals surface area contributed by atoms with E-state index < -0.39 is 22.8 Å². The van der Waals surface area contributed by atoms with Crippen LogP contribution in [0.5, 0.6) is 11.5 Å². The minimum Gasteiger partial charge on any atom is -0.493 e. The Morgan fingerprint density at radius 2 is 1.67 bits per heavy atom. The van der Waals surface area contributed by atoms with E-state index in [0.717, 1.165) is 6.07 Å². The molecule has 3 nitrogen and oxygen atoms in total. The van der Waals surface area contributed by atoms with Crippen LogP contribution >= 0.6 is 0 Å². The second kappa shape index (κ2) is 4.72. The Morgan fingerprint density at radius 1 is 1.11 bits per heavy atom. The Morgan fingerprint density at radius 3 is 2.11 bits per heavy atom. The van der Waals surface area contributed by atoms with E-state index in [9.17, 15) is 13.9 Å². The highest BCUT2D eigenvalue weighted by Crippen LogP contribution is 2.37. The molecule has 1 aromatic carbocycles. The Kier molecular flexibility index (Phi) is 3.86. The first-order valence-corrected chi connectivity index (χ1v) is 5.53. The molecule has 18 heavy (non-hydrogen) atoms. The van der Waals surface area contributed by atoms with Crippen molar-refractivity contribution in [2.45, 2.75) is 38.9 Å². The van der Waals surface area contributed by atoms with Crippen LogP contribution in [-0.2, 0) is 0 Å². The van der Waals surface area contributed by atoms with Crippen molar-refractivity contribution in [3.63, 3.8) is 0 Å². The number of rotatable bonds is 4. The van der Waals surface area contributed by atoms with Crippen molar-refractivity contribution >= 4 is 0 Å². The van der Waals surface area contributed by atoms with Crippen LogP contribution in [0.1, 0.15) is 27.7 Å². The second-order valence-electron chi connectivity index (χ2n) is 5.06. The Labute approximate surface area is 105 Å². The van der Waals surface area contributed by atoms with Crippen molar-refractivity contribution in [2.75, 3.05) is 7.11 Å². The molecule has 0 fully saturated rings. The maximum Gasteiger partial charge on any atom is 0.204 e. The zero-order valence-corrected chi connectivity index (χ0v) is 11.2. The lowest BCUT2D eigenvalue weighted by Gasteiger charge is -2.37. The molecule has 0 radical (unpaired) electrons. The van der Waals surface area contributed by atoms with Crippen molar-refractivity contribution in [3.05, 3.63) is 23.8 Å². The summed E-state index contributed by atoms with van der Waals surface area (Å²) in [7, 11) is 1.33. The quantitative estimate of drug-likeness (QED) is 0.904. The van der Waals surface area contributed by atoms with Gasteiger partial charge in [0.15, 0.2) is 11.6 Å². The van der Waals surface area contributed by atoms with Crippen molar-refractivity contribution in [3.8, 4) is 11.5 Å². The monoisotopic (exact) mass is 260 g/mol. The number of halogens is 2. The zero-order chi connectivity index (χ0) is 14.1. The molecule has 1 rings (SSSR count). The highest BCUT2D eigenvalue weighted by molar-refractivity contribution is 5.42. The number of aliphatic hydroxyl groups is 1. The summed E-state index contributed by atoms with van der Waals surface area (Å²) < 4.78 is 37.2. The third-order valence-corrected chi connectivity index (χ3v) is 3.06. The molecule has 0 unspecified atom stereocenters. The van der Waals surface area contributed by atoms with E-state index >= 15 is 0 Å². The van der Waals surface area contributed by atoms with E-state index in [-0.39, 0.29) is 11.5 Å². The summed E-state index contributed by atoms with van der Waals surface area (Å²) in [5.74, 6) is -2.43. The van der Waals surface area contributed by atoms with Crippen LogP contribution in [0.4, 0.5) is 8.78 Å². The third-order valence-electron chi connectivity index (χ3n) is 3.06. The van der Waals surface area contributed by atoms with Gasteiger partial charge in [-0.1, -0.05) is 0 Å². The summed E-state index contributed by atoms with van der Waals surface area (Å²) in [5.41, 5.74) is -2.36. The van der Waals surface area contributed by atoms with Crippen LogP contribution < -0.4 is 9.47 Å². The van der Waals surface area contributed by atoms with Gasteiger partial charge in [-0.05, 0) is 39.8 Å². The van der Waals surface area contributed by atoms with Gasteiger partial charge in [-0.15, -0.1) is 0 Å². The normalized spacial score (nSPS) is 12.4. The molecule has 0 saturated heterocycles. The largest absolute Gasteiger partial charge is 0.493 e. The SMILES string of the molecule is COc1ccc(F)c(F)c1OC(C)(C)C(C)(C)O. The average molecular weight is 260 g/mol. The lowest BCUT2D eigenvalue weighted by atomic mass is 9.89. The van der Waals surface area contributed by atoms with E-state index in [1.807, 2.05) is 0 Å². The first-order chi connectivity index (χ1) is 8.10. The van der Waals surface area contributed by atoms with Gasteiger partial charge in [0.25, 0.3) is 0 Å². The first kappa shape index (κ1) is 14.7. The van der Waals surface area contributed by atoms with E-state index in [1.165, 1.54) is 27.0 Å². The molecule has 0 amide bonds. The number of methoxy groups -OCH3 is 1. The van der Waals surface area contributed by atoms with Gasteiger partial charge in [0.2, 0.25) is 11.6 Å². The molecule has 1 aromatic rings. The summed E-state index contributed by atoms with van der Waals surface area (Å²) in [6.45, 7) is 6.21. The van der Waals surface area contributed by atoms with Crippen LogP contribution in [0.25, 0.3) is 0 Å². The van der Waals surface area contributed by atoms with Crippen LogP contribution in [0.2, 0.25) is 0 Å². The molecule has 1 N–H and O–H groups in total. The zero-order valence-electron chi connectivity index (χ0n) is 11.2. The molecule has 5 heteroatoms. The molecule has 0 aromatic heterocycles. The number of hydrogen-bond donors (Lipinski definition) is 1. The molecule has 0 aliphatic rings. The Bertz CT molecular complexity index is 437. The number of hydrogen-bond acceptors (Lipinski definition) is 3. The predicted molar refractivity (Wildman–Crippen MR) is 63.9 cm³/mol. The average Bonchev–Trinajstić information content (AvgIpc) is 2.23. The van der Waals surface area contributed by atoms with Gasteiger partial charge in [0.1, 0.15) is 5.60 Å². The fourth-order valence-electron chi connectivity index (χ4n) is 1.15. The number of benzene rings is 1. The molecule has 0 spiro atoms. The summed E-state index contributed by atoms with van der Waals surface area (Å²) >= 11 is 0. The Hall–Kier alpha value is -1.36. The lowest BCUT2D eigenvalue weighted by Crippen LogP contribution is -2.49. The van der Waals surface area contributed by atoms with Gasteiger partial charge in [-0.3, -0.25) is 0 Å². The lowest BCUT2D eigenvalue weighted by molar-refractivity contribution is -0.0930. The van der Waals surface area contributed by atoms with Gasteiger partial charge >= 0.3 is 0 Å². The summed E-state index contributed by atoms with van der Waals surface area (Å²) in [6.07, 6.45) is 0. The van der Waals surface area contributed by atoms with Crippen LogP contribution in [0.3, 0.4) is 0 Å². The summed E-state index contributed by atoms with van der Waals surface area (Å²) in [6, 6.07) is 2.23. The summed E-state index contributed by atoms with van der Waals surface area (Å²) in [5, 5.41) is 9.95. The van der Waals surface area contributed by atoms with E-state index in [2.05, 4.69) is 0 Å². The molecule has 0 aliphatic carbocycles. The molecule has 0 saturated carbocycles. The van der Waals surface area contributed by atoms with Crippen LogP contribution in [0.15, 0.2) is 12.1 Å². The maximum atomic E-state index is 13.7. The first-order valence-electron chi connectivity index (χ1n) is 5.53. The van der Waals surface area contributed by atoms with Crippen molar-refractivity contribution < 1.29 is 23.4 Å². The smallest absolute Gasteiger partial charge is 0.204 e. The van der Waals surface area contributed by atoms with Crippen molar-refractivity contribution in [1.82, 2.24) is 0 Å². The number of ether oxygens (including phenoxy) is 2. The molecular weight excluding hydrogens is 242 g/mol. The third kappa shape index (κ3) is 2.72. The van der Waals surface area contributed by atoms with Crippen molar-refractivity contribution in [1.29, 1.82) is 0 Å². The van der Waals surface area contributed by atoms with Crippen molar-refractivity contribution in [2.24, 2.45) is 0 Å². The van der Waals surface area contributed by atoms with Crippen LogP contribution in [-0.4, -0.2) is 23.4 Å². The Balaban J connectivity index is 3.22. The van der Waals surface area contributed by atoms with Gasteiger partial charge in [0, 0.05) is 0 Å². The molecule has 0 atom stereocenters. The topological polar surface area (TPSA) is 38.7 Å². The highest BCUT2D eigenvalue weighted by Gasteiger charge is 2.39. The minimum absolute atomic E-state index is 0.0752. The fourth-order valence-corrected chi connectivity index (χ4v) is 1.15. The van der Waals surface area contributed by atoms with Gasteiger partial charge < -0.3 is 14.6 Å². The van der Waals surface area contributed by atoms with Gasteiger partial charge in [0.05, 0.1) is 12.7 Å². The van der Waals surface area contributed by atoms with E-state index in [0.29, 0.717) is 0 Å². The maximum absolute atomic E-state index is 13.7. The highest BCUT2D eigenvalue weighted by atomic mass is 19.2. The molecule has 0 bridgehead atoms.